The van der Waals surface area contributed by atoms with Gasteiger partial charge in [-0.15, -0.1) is 0 Å². The molecule has 20 heavy (non-hydrogen) atoms. The number of nitrogens with two attached hydrogens (primary N) is 1. The molecule has 110 valence electrons. The van der Waals surface area contributed by atoms with E-state index >= 15 is 0 Å². The molecular weight excluding hydrogens is 256 g/mol. The maximum absolute atomic E-state index is 11.3. The molecule has 1 aliphatic rings. The second-order valence-corrected chi connectivity index (χ2v) is 5.44. The molecule has 1 aliphatic heterocycles. The minimum absolute atomic E-state index is 0.219. The molecule has 1 saturated heterocycles. The van der Waals surface area contributed by atoms with Crippen LogP contribution in [0.4, 0.5) is 5.69 Å². The SMILES string of the molecule is Nc1cccc(CN2CCCC(CCO)C2)c1C(=O)O. The van der Waals surface area contributed by atoms with Gasteiger partial charge in [0.25, 0.3) is 0 Å². The molecule has 0 saturated carbocycles. The second kappa shape index (κ2) is 6.72. The molecule has 1 heterocycles. The van der Waals surface area contributed by atoms with Crippen molar-refractivity contribution in [2.45, 2.75) is 25.8 Å². The number of aromatic carboxylic acids is 1. The smallest absolute Gasteiger partial charge is 0.338 e. The van der Waals surface area contributed by atoms with Gasteiger partial charge < -0.3 is 15.9 Å². The standard InChI is InChI=1S/C15H22N2O3/c16-13-5-1-4-12(14(13)15(19)20)10-17-7-2-3-11(9-17)6-8-18/h1,4-5,11,18H,2-3,6-10,16H2,(H,19,20). The molecule has 0 amide bonds. The Kier molecular flexibility index (Phi) is 4.98. The summed E-state index contributed by atoms with van der Waals surface area (Å²) in [5.74, 6) is -0.467. The van der Waals surface area contributed by atoms with Crippen LogP contribution in [0.2, 0.25) is 0 Å². The molecule has 1 atom stereocenters. The molecule has 0 aliphatic carbocycles. The van der Waals surface area contributed by atoms with Crippen molar-refractivity contribution < 1.29 is 15.0 Å². The number of hydrogen-bond donors (Lipinski definition) is 3. The number of hydrogen-bond acceptors (Lipinski definition) is 4. The van der Waals surface area contributed by atoms with E-state index in [1.165, 1.54) is 0 Å². The van der Waals surface area contributed by atoms with Crippen LogP contribution in [0.1, 0.15) is 35.2 Å². The highest BCUT2D eigenvalue weighted by molar-refractivity contribution is 5.95. The van der Waals surface area contributed by atoms with Crippen LogP contribution in [0.15, 0.2) is 18.2 Å². The Labute approximate surface area is 119 Å². The molecule has 1 unspecified atom stereocenters. The molecule has 0 radical (unpaired) electrons. The molecule has 0 spiro atoms. The van der Waals surface area contributed by atoms with Gasteiger partial charge in [0.15, 0.2) is 0 Å². The van der Waals surface area contributed by atoms with Gasteiger partial charge in [-0.2, -0.15) is 0 Å². The van der Waals surface area contributed by atoms with Crippen LogP contribution in [0.3, 0.4) is 0 Å². The van der Waals surface area contributed by atoms with Gasteiger partial charge in [0.05, 0.1) is 5.56 Å². The molecule has 0 aromatic heterocycles. The average molecular weight is 278 g/mol. The fourth-order valence-corrected chi connectivity index (χ4v) is 2.97. The van der Waals surface area contributed by atoms with Crippen LogP contribution in [0.25, 0.3) is 0 Å². The van der Waals surface area contributed by atoms with Gasteiger partial charge in [-0.25, -0.2) is 4.79 Å². The number of piperidine rings is 1. The summed E-state index contributed by atoms with van der Waals surface area (Å²) in [6.45, 7) is 2.70. The van der Waals surface area contributed by atoms with E-state index in [1.54, 1.807) is 12.1 Å². The van der Waals surface area contributed by atoms with Crippen molar-refractivity contribution in [2.24, 2.45) is 5.92 Å². The van der Waals surface area contributed by atoms with Crippen molar-refractivity contribution in [1.82, 2.24) is 4.90 Å². The Morgan fingerprint density at radius 3 is 2.95 bits per heavy atom. The lowest BCUT2D eigenvalue weighted by molar-refractivity contribution is 0.0694. The van der Waals surface area contributed by atoms with Crippen LogP contribution < -0.4 is 5.73 Å². The summed E-state index contributed by atoms with van der Waals surface area (Å²) in [5.41, 5.74) is 7.07. The number of benzene rings is 1. The number of carboxylic acid groups (broad SMARTS) is 1. The van der Waals surface area contributed by atoms with Gasteiger partial charge in [-0.1, -0.05) is 12.1 Å². The van der Waals surface area contributed by atoms with E-state index < -0.39 is 5.97 Å². The zero-order valence-electron chi connectivity index (χ0n) is 11.6. The minimum Gasteiger partial charge on any atom is -0.478 e. The third-order valence-electron chi connectivity index (χ3n) is 3.93. The maximum Gasteiger partial charge on any atom is 0.338 e. The Morgan fingerprint density at radius 1 is 1.45 bits per heavy atom. The van der Waals surface area contributed by atoms with E-state index in [9.17, 15) is 9.90 Å². The zero-order chi connectivity index (χ0) is 14.5. The van der Waals surface area contributed by atoms with Gasteiger partial charge >= 0.3 is 5.97 Å². The number of nitrogens with zero attached hydrogens (tertiary/aromatic N) is 1. The van der Waals surface area contributed by atoms with Crippen molar-refractivity contribution in [3.63, 3.8) is 0 Å². The fraction of sp³-hybridized carbons (Fsp3) is 0.533. The normalized spacial score (nSPS) is 19.9. The summed E-state index contributed by atoms with van der Waals surface area (Å²) in [5, 5.41) is 18.3. The van der Waals surface area contributed by atoms with Gasteiger partial charge in [-0.3, -0.25) is 4.90 Å². The first-order chi connectivity index (χ1) is 9.61. The van der Waals surface area contributed by atoms with Crippen molar-refractivity contribution >= 4 is 11.7 Å². The third kappa shape index (κ3) is 3.49. The summed E-state index contributed by atoms with van der Waals surface area (Å²) in [6.07, 6.45) is 3.05. The monoisotopic (exact) mass is 278 g/mol. The number of nitrogen functional groups attached to an aromatic ring is 1. The second-order valence-electron chi connectivity index (χ2n) is 5.44. The lowest BCUT2D eigenvalue weighted by atomic mass is 9.94. The van der Waals surface area contributed by atoms with Gasteiger partial charge in [0, 0.05) is 25.4 Å². The largest absolute Gasteiger partial charge is 0.478 e. The first kappa shape index (κ1) is 14.8. The molecule has 5 heteroatoms. The lowest BCUT2D eigenvalue weighted by Gasteiger charge is -2.32. The fourth-order valence-electron chi connectivity index (χ4n) is 2.97. The van der Waals surface area contributed by atoms with Crippen molar-refractivity contribution in [2.75, 3.05) is 25.4 Å². The first-order valence-corrected chi connectivity index (χ1v) is 7.05. The number of carboxylic acids is 1. The number of carbonyl (C=O) groups is 1. The summed E-state index contributed by atoms with van der Waals surface area (Å²) >= 11 is 0. The molecule has 5 nitrogen and oxygen atoms in total. The zero-order valence-corrected chi connectivity index (χ0v) is 11.6. The predicted molar refractivity (Wildman–Crippen MR) is 77.5 cm³/mol. The number of anilines is 1. The number of rotatable bonds is 5. The van der Waals surface area contributed by atoms with Gasteiger partial charge in [-0.05, 0) is 43.4 Å². The van der Waals surface area contributed by atoms with E-state index in [0.29, 0.717) is 18.2 Å². The highest BCUT2D eigenvalue weighted by Gasteiger charge is 2.22. The summed E-state index contributed by atoms with van der Waals surface area (Å²) in [6, 6.07) is 5.25. The van der Waals surface area contributed by atoms with Gasteiger partial charge in [0.2, 0.25) is 0 Å². The summed E-state index contributed by atoms with van der Waals surface area (Å²) in [7, 11) is 0. The first-order valence-electron chi connectivity index (χ1n) is 7.05. The molecule has 1 aromatic carbocycles. The quantitative estimate of drug-likeness (QED) is 0.712. The predicted octanol–water partition coefficient (Wildman–Crippen LogP) is 1.56. The minimum atomic E-state index is -0.970. The van der Waals surface area contributed by atoms with Crippen LogP contribution in [-0.2, 0) is 6.54 Å². The van der Waals surface area contributed by atoms with Crippen LogP contribution >= 0.6 is 0 Å². The van der Waals surface area contributed by atoms with Crippen LogP contribution in [0, 0.1) is 5.92 Å². The van der Waals surface area contributed by atoms with E-state index in [2.05, 4.69) is 4.90 Å². The Balaban J connectivity index is 2.10. The molecule has 1 aromatic rings. The van der Waals surface area contributed by atoms with Crippen LogP contribution in [0.5, 0.6) is 0 Å². The molecule has 4 N–H and O–H groups in total. The van der Waals surface area contributed by atoms with E-state index in [0.717, 1.165) is 37.9 Å². The van der Waals surface area contributed by atoms with E-state index in [4.69, 9.17) is 10.8 Å². The van der Waals surface area contributed by atoms with Gasteiger partial charge in [0.1, 0.15) is 0 Å². The Bertz CT molecular complexity index is 474. The number of aliphatic hydroxyl groups excluding tert-OH is 1. The van der Waals surface area contributed by atoms with E-state index in [1.807, 2.05) is 6.07 Å². The highest BCUT2D eigenvalue weighted by Crippen LogP contribution is 2.24. The summed E-state index contributed by atoms with van der Waals surface area (Å²) in [4.78, 5) is 13.6. The number of likely N-dealkylation sites (tertiary alicyclic amines) is 1. The Hall–Kier alpha value is -1.59. The lowest BCUT2D eigenvalue weighted by Crippen LogP contribution is -2.35. The number of aliphatic hydroxyl groups is 1. The average Bonchev–Trinajstić information content (AvgIpc) is 2.39. The molecule has 0 bridgehead atoms. The molecule has 2 rings (SSSR count). The maximum atomic E-state index is 11.3. The van der Waals surface area contributed by atoms with Crippen LogP contribution in [-0.4, -0.2) is 40.8 Å². The van der Waals surface area contributed by atoms with Crippen molar-refractivity contribution in [1.29, 1.82) is 0 Å². The molecular formula is C15H22N2O3. The third-order valence-corrected chi connectivity index (χ3v) is 3.93. The summed E-state index contributed by atoms with van der Waals surface area (Å²) < 4.78 is 0. The molecule has 1 fully saturated rings. The van der Waals surface area contributed by atoms with E-state index in [-0.39, 0.29) is 12.2 Å². The van der Waals surface area contributed by atoms with Crippen molar-refractivity contribution in [3.05, 3.63) is 29.3 Å². The van der Waals surface area contributed by atoms with Crippen molar-refractivity contribution in [3.8, 4) is 0 Å². The highest BCUT2D eigenvalue weighted by atomic mass is 16.4. The Morgan fingerprint density at radius 2 is 2.25 bits per heavy atom. The topological polar surface area (TPSA) is 86.8 Å².